The Hall–Kier alpha value is -0.370. The van der Waals surface area contributed by atoms with Crippen molar-refractivity contribution in [3.8, 4) is 0 Å². The van der Waals surface area contributed by atoms with E-state index in [1.807, 2.05) is 20.8 Å². The second kappa shape index (κ2) is 3.17. The van der Waals surface area contributed by atoms with E-state index in [0.717, 1.165) is 13.0 Å². The van der Waals surface area contributed by atoms with Gasteiger partial charge in [0.25, 0.3) is 0 Å². The van der Waals surface area contributed by atoms with E-state index < -0.39 is 0 Å². The average molecular weight is 170 g/mol. The Bertz CT molecular complexity index is 179. The minimum atomic E-state index is -0.173. The van der Waals surface area contributed by atoms with Gasteiger partial charge in [-0.1, -0.05) is 20.8 Å². The maximum absolute atomic E-state index is 11.7. The molecule has 0 heterocycles. The van der Waals surface area contributed by atoms with E-state index >= 15 is 0 Å². The van der Waals surface area contributed by atoms with E-state index in [4.69, 9.17) is 4.74 Å². The Morgan fingerprint density at radius 3 is 2.50 bits per heavy atom. The Morgan fingerprint density at radius 1 is 1.50 bits per heavy atom. The molecule has 0 amide bonds. The minimum absolute atomic E-state index is 0.173. The maximum atomic E-state index is 11.7. The van der Waals surface area contributed by atoms with Crippen molar-refractivity contribution < 1.29 is 9.53 Å². The van der Waals surface area contributed by atoms with Crippen molar-refractivity contribution in [1.29, 1.82) is 0 Å². The third kappa shape index (κ3) is 2.07. The topological polar surface area (TPSA) is 26.3 Å². The highest BCUT2D eigenvalue weighted by atomic mass is 16.5. The lowest BCUT2D eigenvalue weighted by Crippen LogP contribution is -2.23. The lowest BCUT2D eigenvalue weighted by molar-refractivity contribution is -0.128. The van der Waals surface area contributed by atoms with Crippen LogP contribution in [0.4, 0.5) is 0 Å². The first-order valence-corrected chi connectivity index (χ1v) is 4.50. The van der Waals surface area contributed by atoms with Gasteiger partial charge in [-0.15, -0.1) is 0 Å². The first-order valence-electron chi connectivity index (χ1n) is 4.50. The Labute approximate surface area is 74.3 Å². The largest absolute Gasteiger partial charge is 0.384 e. The fraction of sp³-hybridized carbons (Fsp3) is 0.900. The van der Waals surface area contributed by atoms with E-state index in [1.165, 1.54) is 0 Å². The zero-order valence-corrected chi connectivity index (χ0v) is 8.39. The average Bonchev–Trinajstić information content (AvgIpc) is 2.65. The summed E-state index contributed by atoms with van der Waals surface area (Å²) in [5, 5.41) is 0. The molecule has 2 nitrogen and oxygen atoms in total. The molecule has 0 saturated heterocycles. The van der Waals surface area contributed by atoms with Gasteiger partial charge >= 0.3 is 0 Å². The molecular formula is C10H18O2. The molecule has 0 aromatic rings. The van der Waals surface area contributed by atoms with Crippen molar-refractivity contribution in [2.75, 3.05) is 13.7 Å². The molecule has 0 bridgehead atoms. The molecule has 1 rings (SSSR count). The van der Waals surface area contributed by atoms with Crippen LogP contribution < -0.4 is 0 Å². The molecule has 2 unspecified atom stereocenters. The van der Waals surface area contributed by atoms with Crippen LogP contribution in [0.15, 0.2) is 0 Å². The number of carbonyl (C=O) groups is 1. The number of carbonyl (C=O) groups excluding carboxylic acids is 1. The molecule has 1 aliphatic rings. The summed E-state index contributed by atoms with van der Waals surface area (Å²) in [6.45, 7) is 6.69. The van der Waals surface area contributed by atoms with Crippen LogP contribution in [-0.4, -0.2) is 19.5 Å². The second-order valence-corrected chi connectivity index (χ2v) is 4.67. The molecule has 12 heavy (non-hydrogen) atoms. The van der Waals surface area contributed by atoms with Crippen molar-refractivity contribution in [1.82, 2.24) is 0 Å². The van der Waals surface area contributed by atoms with E-state index in [1.54, 1.807) is 7.11 Å². The van der Waals surface area contributed by atoms with Crippen LogP contribution in [0.3, 0.4) is 0 Å². The number of Topliss-reactive ketones (excluding diaryl/α,β-unsaturated/α-hetero) is 1. The minimum Gasteiger partial charge on any atom is -0.384 e. The first kappa shape index (κ1) is 9.72. The van der Waals surface area contributed by atoms with Crippen LogP contribution >= 0.6 is 0 Å². The van der Waals surface area contributed by atoms with Gasteiger partial charge in [0.05, 0.1) is 0 Å². The highest BCUT2D eigenvalue weighted by Gasteiger charge is 2.46. The van der Waals surface area contributed by atoms with Gasteiger partial charge in [-0.25, -0.2) is 0 Å². The van der Waals surface area contributed by atoms with E-state index in [9.17, 15) is 4.79 Å². The van der Waals surface area contributed by atoms with Gasteiger partial charge in [0.1, 0.15) is 5.78 Å². The lowest BCUT2D eigenvalue weighted by Gasteiger charge is -2.16. The van der Waals surface area contributed by atoms with Crippen LogP contribution in [0.25, 0.3) is 0 Å². The summed E-state index contributed by atoms with van der Waals surface area (Å²) in [6.07, 6.45) is 1.03. The van der Waals surface area contributed by atoms with Crippen molar-refractivity contribution in [3.63, 3.8) is 0 Å². The fourth-order valence-corrected chi connectivity index (χ4v) is 1.52. The molecule has 1 fully saturated rings. The van der Waals surface area contributed by atoms with Crippen LogP contribution in [0.2, 0.25) is 0 Å². The highest BCUT2D eigenvalue weighted by Crippen LogP contribution is 2.43. The van der Waals surface area contributed by atoms with Gasteiger partial charge in [0.2, 0.25) is 0 Å². The molecular weight excluding hydrogens is 152 g/mol. The molecule has 0 spiro atoms. The number of methoxy groups -OCH3 is 1. The summed E-state index contributed by atoms with van der Waals surface area (Å²) in [5.74, 6) is 1.18. The molecule has 0 N–H and O–H groups in total. The Balaban J connectivity index is 2.38. The molecule has 1 saturated carbocycles. The maximum Gasteiger partial charge on any atom is 0.141 e. The first-order chi connectivity index (χ1) is 5.46. The Kier molecular flexibility index (Phi) is 2.57. The molecule has 0 radical (unpaired) electrons. The van der Waals surface area contributed by atoms with Crippen molar-refractivity contribution >= 4 is 5.78 Å². The predicted molar refractivity (Wildman–Crippen MR) is 47.9 cm³/mol. The lowest BCUT2D eigenvalue weighted by atomic mass is 9.87. The SMILES string of the molecule is COCC1CC1C(=O)C(C)(C)C. The zero-order chi connectivity index (χ0) is 9.35. The summed E-state index contributed by atoms with van der Waals surface area (Å²) in [4.78, 5) is 11.7. The molecule has 1 aliphatic carbocycles. The number of ether oxygens (including phenoxy) is 1. The van der Waals surface area contributed by atoms with E-state index in [-0.39, 0.29) is 11.3 Å². The third-order valence-electron chi connectivity index (χ3n) is 2.38. The Morgan fingerprint density at radius 2 is 2.08 bits per heavy atom. The van der Waals surface area contributed by atoms with E-state index in [2.05, 4.69) is 0 Å². The van der Waals surface area contributed by atoms with Gasteiger partial charge in [0.15, 0.2) is 0 Å². The zero-order valence-electron chi connectivity index (χ0n) is 8.39. The van der Waals surface area contributed by atoms with Crippen molar-refractivity contribution in [3.05, 3.63) is 0 Å². The second-order valence-electron chi connectivity index (χ2n) is 4.67. The quantitative estimate of drug-likeness (QED) is 0.646. The third-order valence-corrected chi connectivity index (χ3v) is 2.38. The summed E-state index contributed by atoms with van der Waals surface area (Å²) in [6, 6.07) is 0. The van der Waals surface area contributed by atoms with Crippen LogP contribution in [-0.2, 0) is 9.53 Å². The highest BCUT2D eigenvalue weighted by molar-refractivity contribution is 5.88. The summed E-state index contributed by atoms with van der Waals surface area (Å²) < 4.78 is 5.01. The van der Waals surface area contributed by atoms with Crippen molar-refractivity contribution in [2.24, 2.45) is 17.3 Å². The molecule has 0 aliphatic heterocycles. The normalized spacial score (nSPS) is 28.7. The van der Waals surface area contributed by atoms with Gasteiger partial charge in [-0.2, -0.15) is 0 Å². The standard InChI is InChI=1S/C10H18O2/c1-10(2,3)9(11)8-5-7(8)6-12-4/h7-8H,5-6H2,1-4H3. The summed E-state index contributed by atoms with van der Waals surface area (Å²) in [7, 11) is 1.69. The number of rotatable bonds is 3. The molecule has 2 heteroatoms. The predicted octanol–water partition coefficient (Wildman–Crippen LogP) is 1.88. The summed E-state index contributed by atoms with van der Waals surface area (Å²) >= 11 is 0. The monoisotopic (exact) mass is 170 g/mol. The van der Waals surface area contributed by atoms with Crippen LogP contribution in [0.1, 0.15) is 27.2 Å². The number of hydrogen-bond donors (Lipinski definition) is 0. The molecule has 0 aromatic carbocycles. The van der Waals surface area contributed by atoms with Crippen LogP contribution in [0.5, 0.6) is 0 Å². The fourth-order valence-electron chi connectivity index (χ4n) is 1.52. The molecule has 2 atom stereocenters. The summed E-state index contributed by atoms with van der Waals surface area (Å²) in [5.41, 5.74) is -0.173. The van der Waals surface area contributed by atoms with Gasteiger partial charge in [0, 0.05) is 25.0 Å². The number of hydrogen-bond acceptors (Lipinski definition) is 2. The van der Waals surface area contributed by atoms with E-state index in [0.29, 0.717) is 11.7 Å². The van der Waals surface area contributed by atoms with Gasteiger partial charge < -0.3 is 4.74 Å². The number of ketones is 1. The molecule has 70 valence electrons. The van der Waals surface area contributed by atoms with Gasteiger partial charge in [-0.05, 0) is 12.3 Å². The van der Waals surface area contributed by atoms with Crippen molar-refractivity contribution in [2.45, 2.75) is 27.2 Å². The molecule has 0 aromatic heterocycles. The van der Waals surface area contributed by atoms with Gasteiger partial charge in [-0.3, -0.25) is 4.79 Å². The van der Waals surface area contributed by atoms with Crippen LogP contribution in [0, 0.1) is 17.3 Å². The smallest absolute Gasteiger partial charge is 0.141 e.